The fraction of sp³-hybridized carbons (Fsp3) is 0.481. The lowest BCUT2D eigenvalue weighted by atomic mass is 9.70. The normalized spacial score (nSPS) is 21.7. The minimum Gasteiger partial charge on any atom is -0.0625 e. The topological polar surface area (TPSA) is 0 Å². The molecule has 3 aromatic carbocycles. The maximum atomic E-state index is 2.52. The van der Waals surface area contributed by atoms with Crippen molar-refractivity contribution in [2.75, 3.05) is 0 Å². The Labute approximate surface area is 165 Å². The van der Waals surface area contributed by atoms with Gasteiger partial charge in [0.15, 0.2) is 0 Å². The molecule has 27 heavy (non-hydrogen) atoms. The zero-order chi connectivity index (χ0) is 19.2. The molecule has 3 aromatic rings. The first-order valence-corrected chi connectivity index (χ1v) is 10.9. The zero-order valence-corrected chi connectivity index (χ0v) is 17.7. The molecule has 1 aliphatic carbocycles. The fourth-order valence-corrected chi connectivity index (χ4v) is 5.15. The molecule has 0 saturated carbocycles. The van der Waals surface area contributed by atoms with Crippen molar-refractivity contribution in [3.05, 3.63) is 59.7 Å². The zero-order valence-electron chi connectivity index (χ0n) is 17.7. The minimum atomic E-state index is 0.325. The van der Waals surface area contributed by atoms with E-state index in [2.05, 4.69) is 83.1 Å². The van der Waals surface area contributed by atoms with Crippen LogP contribution in [0.15, 0.2) is 48.5 Å². The van der Waals surface area contributed by atoms with Gasteiger partial charge in [0.05, 0.1) is 0 Å². The van der Waals surface area contributed by atoms with Crippen molar-refractivity contribution in [3.8, 4) is 0 Å². The van der Waals surface area contributed by atoms with E-state index in [1.807, 2.05) is 0 Å². The monoisotopic (exact) mass is 358 g/mol. The SMILES string of the molecule is CC(C)C(C)CC[C@H](C)C1(C)CCc2c1ccc1c2ccc2ccccc21. The smallest absolute Gasteiger partial charge is 0.00435 e. The maximum absolute atomic E-state index is 2.52. The van der Waals surface area contributed by atoms with E-state index in [0.29, 0.717) is 5.41 Å². The molecule has 0 N–H and O–H groups in total. The third-order valence-electron chi connectivity index (χ3n) is 7.83. The van der Waals surface area contributed by atoms with Gasteiger partial charge in [-0.15, -0.1) is 0 Å². The molecule has 4 rings (SSSR count). The van der Waals surface area contributed by atoms with Gasteiger partial charge in [-0.2, -0.15) is 0 Å². The second-order valence-corrected chi connectivity index (χ2v) is 9.59. The number of aryl methyl sites for hydroxylation is 1. The number of hydrogen-bond donors (Lipinski definition) is 0. The molecule has 2 unspecified atom stereocenters. The first-order valence-electron chi connectivity index (χ1n) is 10.9. The van der Waals surface area contributed by atoms with Crippen molar-refractivity contribution in [3.63, 3.8) is 0 Å². The second kappa shape index (κ2) is 6.97. The molecule has 0 fully saturated rings. The molecule has 0 radical (unpaired) electrons. The van der Waals surface area contributed by atoms with Crippen LogP contribution in [-0.2, 0) is 11.8 Å². The summed E-state index contributed by atoms with van der Waals surface area (Å²) in [5.41, 5.74) is 3.56. The van der Waals surface area contributed by atoms with Gasteiger partial charge in [0.25, 0.3) is 0 Å². The largest absolute Gasteiger partial charge is 0.0625 e. The number of hydrogen-bond acceptors (Lipinski definition) is 0. The Balaban J connectivity index is 1.71. The first-order chi connectivity index (χ1) is 12.9. The maximum Gasteiger partial charge on any atom is -0.00435 e. The highest BCUT2D eigenvalue weighted by atomic mass is 14.4. The molecular weight excluding hydrogens is 324 g/mol. The van der Waals surface area contributed by atoms with E-state index >= 15 is 0 Å². The quantitative estimate of drug-likeness (QED) is 0.406. The fourth-order valence-electron chi connectivity index (χ4n) is 5.15. The first kappa shape index (κ1) is 18.5. The summed E-state index contributed by atoms with van der Waals surface area (Å²) in [6.07, 6.45) is 5.21. The van der Waals surface area contributed by atoms with Gasteiger partial charge in [0.1, 0.15) is 0 Å². The average molecular weight is 359 g/mol. The molecule has 0 saturated heterocycles. The van der Waals surface area contributed by atoms with E-state index < -0.39 is 0 Å². The Bertz CT molecular complexity index is 964. The standard InChI is InChI=1S/C27H34/c1-18(2)19(3)10-11-20(4)27(5)17-16-25-24-13-12-21-8-6-7-9-22(21)23(24)14-15-26(25)27/h6-9,12-15,18-20H,10-11,16-17H2,1-5H3/t19?,20-,27?/m0/s1. The van der Waals surface area contributed by atoms with Gasteiger partial charge in [-0.05, 0) is 75.1 Å². The van der Waals surface area contributed by atoms with Crippen molar-refractivity contribution in [2.45, 2.75) is 65.7 Å². The van der Waals surface area contributed by atoms with Crippen LogP contribution in [0.2, 0.25) is 0 Å². The van der Waals surface area contributed by atoms with Crippen molar-refractivity contribution < 1.29 is 0 Å². The van der Waals surface area contributed by atoms with Crippen molar-refractivity contribution in [1.29, 1.82) is 0 Å². The van der Waals surface area contributed by atoms with E-state index in [-0.39, 0.29) is 0 Å². The lowest BCUT2D eigenvalue weighted by Gasteiger charge is -2.34. The summed E-state index contributed by atoms with van der Waals surface area (Å²) in [4.78, 5) is 0. The Morgan fingerprint density at radius 2 is 1.56 bits per heavy atom. The lowest BCUT2D eigenvalue weighted by molar-refractivity contribution is 0.260. The molecule has 0 aliphatic heterocycles. The van der Waals surface area contributed by atoms with Crippen LogP contribution in [0.4, 0.5) is 0 Å². The number of fused-ring (bicyclic) bond motifs is 5. The third-order valence-corrected chi connectivity index (χ3v) is 7.83. The van der Waals surface area contributed by atoms with Crippen LogP contribution in [0.5, 0.6) is 0 Å². The molecule has 1 aliphatic rings. The third kappa shape index (κ3) is 3.08. The van der Waals surface area contributed by atoms with Gasteiger partial charge in [0.2, 0.25) is 0 Å². The van der Waals surface area contributed by atoms with Gasteiger partial charge >= 0.3 is 0 Å². The summed E-state index contributed by atoms with van der Waals surface area (Å²) < 4.78 is 0. The molecule has 0 bridgehead atoms. The van der Waals surface area contributed by atoms with Gasteiger partial charge in [0, 0.05) is 0 Å². The van der Waals surface area contributed by atoms with Gasteiger partial charge in [-0.25, -0.2) is 0 Å². The highest BCUT2D eigenvalue weighted by Gasteiger charge is 2.39. The summed E-state index contributed by atoms with van der Waals surface area (Å²) >= 11 is 0. The summed E-state index contributed by atoms with van der Waals surface area (Å²) in [5.74, 6) is 2.34. The molecular formula is C27H34. The van der Waals surface area contributed by atoms with Gasteiger partial charge in [-0.3, -0.25) is 0 Å². The van der Waals surface area contributed by atoms with Gasteiger partial charge < -0.3 is 0 Å². The Kier molecular flexibility index (Phi) is 4.78. The van der Waals surface area contributed by atoms with Crippen LogP contribution in [0.25, 0.3) is 21.5 Å². The van der Waals surface area contributed by atoms with Crippen molar-refractivity contribution >= 4 is 21.5 Å². The number of rotatable bonds is 5. The van der Waals surface area contributed by atoms with E-state index in [4.69, 9.17) is 0 Å². The van der Waals surface area contributed by atoms with Crippen LogP contribution in [0.3, 0.4) is 0 Å². The van der Waals surface area contributed by atoms with Crippen LogP contribution < -0.4 is 0 Å². The van der Waals surface area contributed by atoms with Crippen molar-refractivity contribution in [2.24, 2.45) is 17.8 Å². The van der Waals surface area contributed by atoms with Crippen LogP contribution in [-0.4, -0.2) is 0 Å². The molecule has 3 atom stereocenters. The molecule has 0 amide bonds. The predicted octanol–water partition coefficient (Wildman–Crippen LogP) is 7.91. The molecule has 142 valence electrons. The van der Waals surface area contributed by atoms with E-state index in [0.717, 1.165) is 17.8 Å². The lowest BCUT2D eigenvalue weighted by Crippen LogP contribution is -2.28. The molecule has 0 nitrogen and oxygen atoms in total. The Morgan fingerprint density at radius 1 is 0.815 bits per heavy atom. The Hall–Kier alpha value is -1.82. The summed E-state index contributed by atoms with van der Waals surface area (Å²) in [7, 11) is 0. The van der Waals surface area contributed by atoms with E-state index in [1.165, 1.54) is 47.2 Å². The number of benzene rings is 3. The van der Waals surface area contributed by atoms with Crippen molar-refractivity contribution in [1.82, 2.24) is 0 Å². The van der Waals surface area contributed by atoms with Crippen LogP contribution in [0.1, 0.15) is 65.0 Å². The van der Waals surface area contributed by atoms with E-state index in [9.17, 15) is 0 Å². The molecule has 0 heteroatoms. The summed E-state index contributed by atoms with van der Waals surface area (Å²) in [6, 6.07) is 18.3. The van der Waals surface area contributed by atoms with E-state index in [1.54, 1.807) is 11.1 Å². The average Bonchev–Trinajstić information content (AvgIpc) is 3.03. The minimum absolute atomic E-state index is 0.325. The molecule has 0 spiro atoms. The predicted molar refractivity (Wildman–Crippen MR) is 120 cm³/mol. The van der Waals surface area contributed by atoms with Crippen LogP contribution in [0, 0.1) is 17.8 Å². The van der Waals surface area contributed by atoms with Crippen LogP contribution >= 0.6 is 0 Å². The highest BCUT2D eigenvalue weighted by Crippen LogP contribution is 2.48. The molecule has 0 aromatic heterocycles. The molecule has 0 heterocycles. The summed E-state index contributed by atoms with van der Waals surface area (Å²) in [6.45, 7) is 12.2. The van der Waals surface area contributed by atoms with Gasteiger partial charge in [-0.1, -0.05) is 89.6 Å². The highest BCUT2D eigenvalue weighted by molar-refractivity contribution is 6.08. The Morgan fingerprint density at radius 3 is 2.33 bits per heavy atom. The second-order valence-electron chi connectivity index (χ2n) is 9.59. The summed E-state index contributed by atoms with van der Waals surface area (Å²) in [5, 5.41) is 5.65.